The molecular weight excluding hydrogens is 352 g/mol. The highest BCUT2D eigenvalue weighted by Crippen LogP contribution is 2.14. The molecule has 0 spiro atoms. The van der Waals surface area contributed by atoms with Crippen LogP contribution < -0.4 is 10.0 Å². The van der Waals surface area contributed by atoms with Crippen molar-refractivity contribution in [3.8, 4) is 0 Å². The average molecular weight is 365 g/mol. The number of carbonyl (C=O) groups is 2. The summed E-state index contributed by atoms with van der Waals surface area (Å²) in [5.41, 5.74) is 0.403. The topological polar surface area (TPSA) is 82.3 Å². The van der Waals surface area contributed by atoms with Gasteiger partial charge in [-0.2, -0.15) is 4.73 Å². The Morgan fingerprint density at radius 1 is 1.23 bits per heavy atom. The zero-order valence-electron chi connectivity index (χ0n) is 11.7. The number of pyridine rings is 1. The number of rotatable bonds is 4. The minimum atomic E-state index is -1.03. The Morgan fingerprint density at radius 2 is 1.91 bits per heavy atom. The van der Waals surface area contributed by atoms with Gasteiger partial charge in [0.2, 0.25) is 0 Å². The minimum Gasteiger partial charge on any atom is -0.618 e. The molecule has 114 valence electrons. The smallest absolute Gasteiger partial charge is 0.405 e. The number of aromatic nitrogens is 1. The van der Waals surface area contributed by atoms with Crippen molar-refractivity contribution >= 4 is 33.5 Å². The van der Waals surface area contributed by atoms with Gasteiger partial charge in [0.25, 0.3) is 5.91 Å². The standard InChI is InChI=1S/C15H13BrN2O4/c1-10(14(19)17-12-7-5-11(16)6-8-12)22-15(20)13-4-2-3-9-18(13)21/h2-10H,1H3,(H,17,19)/t10-/m0/s1. The highest BCUT2D eigenvalue weighted by molar-refractivity contribution is 9.10. The Labute approximate surface area is 135 Å². The Hall–Kier alpha value is -2.41. The van der Waals surface area contributed by atoms with E-state index in [-0.39, 0.29) is 5.69 Å². The first-order chi connectivity index (χ1) is 10.5. The maximum atomic E-state index is 12.0. The molecule has 1 amide bonds. The number of anilines is 1. The van der Waals surface area contributed by atoms with Gasteiger partial charge < -0.3 is 15.3 Å². The molecule has 0 bridgehead atoms. The van der Waals surface area contributed by atoms with E-state index in [4.69, 9.17) is 4.74 Å². The molecule has 22 heavy (non-hydrogen) atoms. The van der Waals surface area contributed by atoms with Gasteiger partial charge in [-0.05, 0) is 37.3 Å². The number of nitrogens with zero attached hydrogens (tertiary/aromatic N) is 1. The lowest BCUT2D eigenvalue weighted by molar-refractivity contribution is -0.608. The maximum absolute atomic E-state index is 12.0. The number of ether oxygens (including phenoxy) is 1. The molecular formula is C15H13BrN2O4. The van der Waals surface area contributed by atoms with Gasteiger partial charge in [0.05, 0.1) is 0 Å². The molecule has 7 heteroatoms. The lowest BCUT2D eigenvalue weighted by atomic mass is 10.3. The summed E-state index contributed by atoms with van der Waals surface area (Å²) >= 11 is 3.29. The number of hydrogen-bond donors (Lipinski definition) is 1. The fourth-order valence-electron chi connectivity index (χ4n) is 1.64. The Morgan fingerprint density at radius 3 is 2.55 bits per heavy atom. The van der Waals surface area contributed by atoms with E-state index < -0.39 is 18.0 Å². The molecule has 0 aliphatic heterocycles. The second kappa shape index (κ2) is 7.04. The van der Waals surface area contributed by atoms with E-state index in [1.807, 2.05) is 0 Å². The molecule has 1 atom stereocenters. The predicted molar refractivity (Wildman–Crippen MR) is 83.1 cm³/mol. The maximum Gasteiger partial charge on any atom is 0.405 e. The average Bonchev–Trinajstić information content (AvgIpc) is 2.49. The number of amides is 1. The van der Waals surface area contributed by atoms with E-state index in [0.717, 1.165) is 4.47 Å². The van der Waals surface area contributed by atoms with Gasteiger partial charge in [-0.1, -0.05) is 15.9 Å². The first-order valence-electron chi connectivity index (χ1n) is 6.43. The van der Waals surface area contributed by atoms with Crippen molar-refractivity contribution in [2.24, 2.45) is 0 Å². The number of nitrogens with one attached hydrogen (secondary N) is 1. The van der Waals surface area contributed by atoms with Gasteiger partial charge in [0.1, 0.15) is 0 Å². The first kappa shape index (κ1) is 16.0. The van der Waals surface area contributed by atoms with E-state index in [2.05, 4.69) is 21.2 Å². The molecule has 1 heterocycles. The number of esters is 1. The van der Waals surface area contributed by atoms with E-state index in [0.29, 0.717) is 10.4 Å². The van der Waals surface area contributed by atoms with Crippen LogP contribution in [0, 0.1) is 5.21 Å². The molecule has 0 radical (unpaired) electrons. The molecule has 0 aliphatic carbocycles. The number of benzene rings is 1. The molecule has 0 unspecified atom stereocenters. The van der Waals surface area contributed by atoms with Crippen LogP contribution in [0.2, 0.25) is 0 Å². The summed E-state index contributed by atoms with van der Waals surface area (Å²) < 4.78 is 6.27. The van der Waals surface area contributed by atoms with E-state index in [9.17, 15) is 14.8 Å². The second-order valence-electron chi connectivity index (χ2n) is 4.46. The van der Waals surface area contributed by atoms with Crippen LogP contribution in [0.5, 0.6) is 0 Å². The van der Waals surface area contributed by atoms with Crippen molar-refractivity contribution in [3.63, 3.8) is 0 Å². The molecule has 0 fully saturated rings. The summed E-state index contributed by atoms with van der Waals surface area (Å²) in [6.45, 7) is 1.43. The van der Waals surface area contributed by atoms with Crippen LogP contribution in [0.25, 0.3) is 0 Å². The van der Waals surface area contributed by atoms with Crippen LogP contribution in [0.1, 0.15) is 17.4 Å². The summed E-state index contributed by atoms with van der Waals surface area (Å²) in [5.74, 6) is -1.34. The zero-order valence-corrected chi connectivity index (χ0v) is 13.2. The Balaban J connectivity index is 1.98. The monoisotopic (exact) mass is 364 g/mol. The van der Waals surface area contributed by atoms with Crippen molar-refractivity contribution < 1.29 is 19.1 Å². The molecule has 6 nitrogen and oxygen atoms in total. The van der Waals surface area contributed by atoms with E-state index in [1.54, 1.807) is 24.3 Å². The third kappa shape index (κ3) is 4.05. The first-order valence-corrected chi connectivity index (χ1v) is 7.22. The van der Waals surface area contributed by atoms with E-state index in [1.165, 1.54) is 31.3 Å². The number of carbonyl (C=O) groups excluding carboxylic acids is 2. The zero-order chi connectivity index (χ0) is 16.1. The molecule has 0 aliphatic rings. The van der Waals surface area contributed by atoms with Crippen molar-refractivity contribution in [2.75, 3.05) is 5.32 Å². The molecule has 1 aromatic carbocycles. The summed E-state index contributed by atoms with van der Waals surface area (Å²) in [4.78, 5) is 23.8. The van der Waals surface area contributed by atoms with Crippen LogP contribution in [-0.2, 0) is 9.53 Å². The van der Waals surface area contributed by atoms with Crippen molar-refractivity contribution in [1.82, 2.24) is 0 Å². The lowest BCUT2D eigenvalue weighted by Crippen LogP contribution is -2.37. The Bertz CT molecular complexity index is 688. The normalized spacial score (nSPS) is 11.5. The lowest BCUT2D eigenvalue weighted by Gasteiger charge is -2.13. The molecule has 2 aromatic rings. The molecule has 1 aromatic heterocycles. The van der Waals surface area contributed by atoms with Crippen LogP contribution >= 0.6 is 15.9 Å². The van der Waals surface area contributed by atoms with E-state index >= 15 is 0 Å². The minimum absolute atomic E-state index is 0.175. The number of hydrogen-bond acceptors (Lipinski definition) is 4. The fourth-order valence-corrected chi connectivity index (χ4v) is 1.90. The molecule has 2 rings (SSSR count). The molecule has 0 saturated carbocycles. The van der Waals surface area contributed by atoms with Gasteiger partial charge >= 0.3 is 11.7 Å². The summed E-state index contributed by atoms with van der Waals surface area (Å²) in [7, 11) is 0. The van der Waals surface area contributed by atoms with Crippen LogP contribution in [0.3, 0.4) is 0 Å². The molecule has 0 saturated heterocycles. The third-order valence-corrected chi connectivity index (χ3v) is 3.33. The van der Waals surface area contributed by atoms with Crippen LogP contribution in [0.4, 0.5) is 5.69 Å². The van der Waals surface area contributed by atoms with Crippen molar-refractivity contribution in [1.29, 1.82) is 0 Å². The quantitative estimate of drug-likeness (QED) is 0.512. The largest absolute Gasteiger partial charge is 0.618 e. The van der Waals surface area contributed by atoms with Crippen molar-refractivity contribution in [2.45, 2.75) is 13.0 Å². The highest BCUT2D eigenvalue weighted by Gasteiger charge is 2.23. The van der Waals surface area contributed by atoms with Gasteiger partial charge in [0.15, 0.2) is 12.3 Å². The number of halogens is 1. The second-order valence-corrected chi connectivity index (χ2v) is 5.37. The van der Waals surface area contributed by atoms with Crippen LogP contribution in [0.15, 0.2) is 53.1 Å². The van der Waals surface area contributed by atoms with Crippen molar-refractivity contribution in [3.05, 3.63) is 64.0 Å². The van der Waals surface area contributed by atoms with Gasteiger partial charge in [0, 0.05) is 22.3 Å². The summed E-state index contributed by atoms with van der Waals surface area (Å²) in [5, 5.41) is 14.1. The highest BCUT2D eigenvalue weighted by atomic mass is 79.9. The summed E-state index contributed by atoms with van der Waals surface area (Å²) in [6.07, 6.45) is 0.153. The van der Waals surface area contributed by atoms with Crippen LogP contribution in [-0.4, -0.2) is 18.0 Å². The summed E-state index contributed by atoms with van der Waals surface area (Å²) in [6, 6.07) is 11.3. The third-order valence-electron chi connectivity index (χ3n) is 2.80. The predicted octanol–water partition coefficient (Wildman–Crippen LogP) is 2.27. The SMILES string of the molecule is C[C@H](OC(=O)c1cccc[n+]1[O-])C(=O)Nc1ccc(Br)cc1. The molecule has 1 N–H and O–H groups in total. The Kier molecular flexibility index (Phi) is 5.11. The fraction of sp³-hybridized carbons (Fsp3) is 0.133. The van der Waals surface area contributed by atoms with Gasteiger partial charge in [-0.3, -0.25) is 4.79 Å². The van der Waals surface area contributed by atoms with Gasteiger partial charge in [-0.25, -0.2) is 4.79 Å². The van der Waals surface area contributed by atoms with Gasteiger partial charge in [-0.15, -0.1) is 0 Å².